The van der Waals surface area contributed by atoms with Gasteiger partial charge in [-0.3, -0.25) is 9.80 Å². The van der Waals surface area contributed by atoms with E-state index in [4.69, 9.17) is 4.74 Å². The molecule has 0 saturated heterocycles. The summed E-state index contributed by atoms with van der Waals surface area (Å²) in [7, 11) is 3.30. The molecule has 0 saturated carbocycles. The van der Waals surface area contributed by atoms with Crippen LogP contribution in [0.15, 0.2) is 52.5 Å². The number of rotatable bonds is 6. The molecule has 1 unspecified atom stereocenters. The molecule has 2 aromatic carbocycles. The number of aryl methyl sites for hydroxylation is 1. The Morgan fingerprint density at radius 2 is 2.00 bits per heavy atom. The molecule has 0 amide bonds. The first-order valence-electron chi connectivity index (χ1n) is 10.1. The van der Waals surface area contributed by atoms with E-state index >= 15 is 0 Å². The van der Waals surface area contributed by atoms with Crippen LogP contribution in [0.3, 0.4) is 0 Å². The van der Waals surface area contributed by atoms with Gasteiger partial charge in [0.15, 0.2) is 11.6 Å². The van der Waals surface area contributed by atoms with Crippen molar-refractivity contribution in [1.82, 2.24) is 14.6 Å². The van der Waals surface area contributed by atoms with Gasteiger partial charge >= 0.3 is 5.56 Å². The minimum absolute atomic E-state index is 0.0494. The molecule has 3 aromatic rings. The molecule has 0 bridgehead atoms. The van der Waals surface area contributed by atoms with Gasteiger partial charge in [0.25, 0.3) is 0 Å². The fourth-order valence-electron chi connectivity index (χ4n) is 3.63. The van der Waals surface area contributed by atoms with Gasteiger partial charge in [0, 0.05) is 25.4 Å². The van der Waals surface area contributed by atoms with Gasteiger partial charge in [-0.1, -0.05) is 18.2 Å². The van der Waals surface area contributed by atoms with E-state index in [-0.39, 0.29) is 24.3 Å². The molecule has 7 nitrogen and oxygen atoms in total. The van der Waals surface area contributed by atoms with Crippen molar-refractivity contribution < 1.29 is 13.5 Å². The van der Waals surface area contributed by atoms with E-state index in [9.17, 15) is 13.6 Å². The highest BCUT2D eigenvalue weighted by Crippen LogP contribution is 2.30. The van der Waals surface area contributed by atoms with Gasteiger partial charge in [-0.2, -0.15) is 10.1 Å². The number of anilines is 2. The summed E-state index contributed by atoms with van der Waals surface area (Å²) in [6.07, 6.45) is 4.18. The van der Waals surface area contributed by atoms with Gasteiger partial charge in [0.05, 0.1) is 25.9 Å². The smallest absolute Gasteiger partial charge is 0.316 e. The zero-order chi connectivity index (χ0) is 22.8. The Morgan fingerprint density at radius 1 is 1.19 bits per heavy atom. The van der Waals surface area contributed by atoms with Gasteiger partial charge in [0.2, 0.25) is 11.7 Å². The second-order valence-electron chi connectivity index (χ2n) is 7.64. The zero-order valence-corrected chi connectivity index (χ0v) is 18.0. The molecule has 32 heavy (non-hydrogen) atoms. The standard InChI is InChI=1S/C23H23F2N5O2/c1-14-4-6-16(20-8-9-26-29(20)2)11-19(14)27-23-28-22(31)21(32-3)13-30(23)12-15-5-7-17(24)18(25)10-15/h4-7,9-11,13,20H,8,12H2,1-3H3,(H,27,28,31). The van der Waals surface area contributed by atoms with Crippen molar-refractivity contribution in [2.24, 2.45) is 5.10 Å². The summed E-state index contributed by atoms with van der Waals surface area (Å²) < 4.78 is 33.8. The lowest BCUT2D eigenvalue weighted by Gasteiger charge is -2.21. The average molecular weight is 439 g/mol. The lowest BCUT2D eigenvalue weighted by atomic mass is 10.0. The molecular formula is C23H23F2N5O2. The maximum Gasteiger partial charge on any atom is 0.316 e. The molecule has 1 aliphatic rings. The molecule has 0 radical (unpaired) electrons. The van der Waals surface area contributed by atoms with E-state index in [1.807, 2.05) is 43.4 Å². The van der Waals surface area contributed by atoms with Crippen LogP contribution in [0.2, 0.25) is 0 Å². The number of halogens is 2. The summed E-state index contributed by atoms with van der Waals surface area (Å²) in [4.78, 5) is 16.5. The van der Waals surface area contributed by atoms with Crippen molar-refractivity contribution >= 4 is 17.9 Å². The number of hydrogen-bond acceptors (Lipinski definition) is 6. The van der Waals surface area contributed by atoms with Gasteiger partial charge < -0.3 is 14.6 Å². The SMILES string of the molecule is COc1cn(Cc2ccc(F)c(F)c2)c(Nc2cc(C3CC=NN3C)ccc2C)nc1=O. The topological polar surface area (TPSA) is 71.8 Å². The van der Waals surface area contributed by atoms with Crippen LogP contribution in [0.4, 0.5) is 20.4 Å². The van der Waals surface area contributed by atoms with Crippen LogP contribution < -0.4 is 15.6 Å². The molecule has 0 fully saturated rings. The van der Waals surface area contributed by atoms with E-state index < -0.39 is 17.2 Å². The lowest BCUT2D eigenvalue weighted by Crippen LogP contribution is -2.19. The number of hydrazone groups is 1. The summed E-state index contributed by atoms with van der Waals surface area (Å²) in [5.41, 5.74) is 2.78. The summed E-state index contributed by atoms with van der Waals surface area (Å²) in [6, 6.07) is 9.84. The van der Waals surface area contributed by atoms with Crippen LogP contribution in [-0.4, -0.2) is 34.9 Å². The quantitative estimate of drug-likeness (QED) is 0.629. The number of ether oxygens (including phenoxy) is 1. The summed E-state index contributed by atoms with van der Waals surface area (Å²) in [6.45, 7) is 2.10. The molecular weight excluding hydrogens is 416 g/mol. The molecule has 2 heterocycles. The maximum absolute atomic E-state index is 13.7. The molecule has 1 N–H and O–H groups in total. The highest BCUT2D eigenvalue weighted by Gasteiger charge is 2.20. The van der Waals surface area contributed by atoms with E-state index in [1.54, 1.807) is 4.57 Å². The van der Waals surface area contributed by atoms with Crippen molar-refractivity contribution in [3.8, 4) is 5.75 Å². The van der Waals surface area contributed by atoms with Gasteiger partial charge in [-0.15, -0.1) is 0 Å². The minimum atomic E-state index is -0.940. The predicted molar refractivity (Wildman–Crippen MR) is 119 cm³/mol. The monoisotopic (exact) mass is 439 g/mol. The summed E-state index contributed by atoms with van der Waals surface area (Å²) in [5.74, 6) is -1.55. The van der Waals surface area contributed by atoms with Crippen LogP contribution in [-0.2, 0) is 6.54 Å². The lowest BCUT2D eigenvalue weighted by molar-refractivity contribution is 0.290. The van der Waals surface area contributed by atoms with Crippen molar-refractivity contribution in [1.29, 1.82) is 0 Å². The van der Waals surface area contributed by atoms with Crippen LogP contribution in [0.5, 0.6) is 5.75 Å². The molecule has 0 aliphatic carbocycles. The van der Waals surface area contributed by atoms with Crippen LogP contribution >= 0.6 is 0 Å². The number of hydrogen-bond donors (Lipinski definition) is 1. The predicted octanol–water partition coefficient (Wildman–Crippen LogP) is 3.99. The highest BCUT2D eigenvalue weighted by atomic mass is 19.2. The molecule has 1 aliphatic heterocycles. The third-order valence-corrected chi connectivity index (χ3v) is 5.46. The molecule has 4 rings (SSSR count). The average Bonchev–Trinajstić information content (AvgIpc) is 3.20. The number of aromatic nitrogens is 2. The van der Waals surface area contributed by atoms with Crippen molar-refractivity contribution in [2.45, 2.75) is 25.9 Å². The Labute approximate surface area is 184 Å². The Morgan fingerprint density at radius 3 is 2.69 bits per heavy atom. The third-order valence-electron chi connectivity index (χ3n) is 5.46. The fourth-order valence-corrected chi connectivity index (χ4v) is 3.63. The Kier molecular flexibility index (Phi) is 5.89. The van der Waals surface area contributed by atoms with Gasteiger partial charge in [-0.25, -0.2) is 8.78 Å². The first-order valence-corrected chi connectivity index (χ1v) is 10.1. The molecule has 1 atom stereocenters. The first-order chi connectivity index (χ1) is 15.4. The second-order valence-corrected chi connectivity index (χ2v) is 7.64. The van der Waals surface area contributed by atoms with Crippen molar-refractivity contribution in [3.63, 3.8) is 0 Å². The van der Waals surface area contributed by atoms with Crippen molar-refractivity contribution in [3.05, 3.63) is 81.3 Å². The Hall–Kier alpha value is -3.75. The van der Waals surface area contributed by atoms with Crippen LogP contribution in [0.25, 0.3) is 0 Å². The number of nitrogens with zero attached hydrogens (tertiary/aromatic N) is 4. The molecule has 9 heteroatoms. The minimum Gasteiger partial charge on any atom is -0.490 e. The number of nitrogens with one attached hydrogen (secondary N) is 1. The number of methoxy groups -OCH3 is 1. The normalized spacial score (nSPS) is 15.3. The summed E-state index contributed by atoms with van der Waals surface area (Å²) in [5, 5.41) is 9.42. The zero-order valence-electron chi connectivity index (χ0n) is 18.0. The van der Waals surface area contributed by atoms with E-state index in [0.29, 0.717) is 5.56 Å². The van der Waals surface area contributed by atoms with Gasteiger partial charge in [-0.05, 0) is 41.8 Å². The largest absolute Gasteiger partial charge is 0.490 e. The Bertz CT molecular complexity index is 1240. The van der Waals surface area contributed by atoms with Crippen LogP contribution in [0.1, 0.15) is 29.2 Å². The molecule has 1 aromatic heterocycles. The third kappa shape index (κ3) is 4.32. The van der Waals surface area contributed by atoms with Crippen molar-refractivity contribution in [2.75, 3.05) is 19.5 Å². The second kappa shape index (κ2) is 8.78. The van der Waals surface area contributed by atoms with Gasteiger partial charge in [0.1, 0.15) is 0 Å². The van der Waals surface area contributed by atoms with E-state index in [0.717, 1.165) is 35.4 Å². The highest BCUT2D eigenvalue weighted by molar-refractivity contribution is 5.63. The van der Waals surface area contributed by atoms with Crippen LogP contribution in [0, 0.1) is 18.6 Å². The first kappa shape index (κ1) is 21.5. The van der Waals surface area contributed by atoms with E-state index in [2.05, 4.69) is 15.4 Å². The fraction of sp³-hybridized carbons (Fsp3) is 0.261. The summed E-state index contributed by atoms with van der Waals surface area (Å²) >= 11 is 0. The molecule has 0 spiro atoms. The van der Waals surface area contributed by atoms with E-state index in [1.165, 1.54) is 19.4 Å². The Balaban J connectivity index is 1.71. The number of benzene rings is 2. The molecule has 166 valence electrons. The maximum atomic E-state index is 13.7.